The van der Waals surface area contributed by atoms with E-state index in [0.717, 1.165) is 0 Å². The minimum Gasteiger partial charge on any atom is -0.484 e. The molecule has 0 bridgehead atoms. The molecular formula is C18H14N2O6. The van der Waals surface area contributed by atoms with Gasteiger partial charge in [0.2, 0.25) is 5.78 Å². The van der Waals surface area contributed by atoms with E-state index in [-0.39, 0.29) is 23.8 Å². The lowest BCUT2D eigenvalue weighted by Gasteiger charge is -2.07. The number of nitro benzene ring substituents is 1. The van der Waals surface area contributed by atoms with Gasteiger partial charge in [-0.15, -0.1) is 0 Å². The molecule has 1 amide bonds. The number of carbonyl (C=O) groups excluding carboxylic acids is 2. The van der Waals surface area contributed by atoms with Crippen molar-refractivity contribution in [1.82, 2.24) is 0 Å². The molecule has 1 aliphatic heterocycles. The van der Waals surface area contributed by atoms with E-state index in [2.05, 4.69) is 0 Å². The van der Waals surface area contributed by atoms with Gasteiger partial charge in [0, 0.05) is 18.2 Å². The zero-order chi connectivity index (χ0) is 18.8. The van der Waals surface area contributed by atoms with Gasteiger partial charge < -0.3 is 15.2 Å². The van der Waals surface area contributed by atoms with Crippen molar-refractivity contribution in [3.63, 3.8) is 0 Å². The Morgan fingerprint density at radius 1 is 1.31 bits per heavy atom. The third-order valence-electron chi connectivity index (χ3n) is 3.73. The van der Waals surface area contributed by atoms with Gasteiger partial charge in [-0.3, -0.25) is 19.7 Å². The minimum atomic E-state index is -0.612. The SMILES string of the molecule is Cc1cc(OCC(N)=O)cc2c1C(=O)/C(=C/c1ccc([N+](=O)[O-])cc1)O2. The molecule has 0 spiro atoms. The van der Waals surface area contributed by atoms with Gasteiger partial charge in [0.25, 0.3) is 11.6 Å². The number of hydrogen-bond acceptors (Lipinski definition) is 6. The van der Waals surface area contributed by atoms with Gasteiger partial charge in [0.05, 0.1) is 10.5 Å². The van der Waals surface area contributed by atoms with Crippen molar-refractivity contribution in [2.45, 2.75) is 6.92 Å². The van der Waals surface area contributed by atoms with Gasteiger partial charge in [-0.05, 0) is 42.3 Å². The van der Waals surface area contributed by atoms with E-state index in [1.54, 1.807) is 13.0 Å². The fourth-order valence-electron chi connectivity index (χ4n) is 2.56. The van der Waals surface area contributed by atoms with Crippen LogP contribution >= 0.6 is 0 Å². The number of nitrogens with two attached hydrogens (primary N) is 1. The maximum atomic E-state index is 12.6. The molecule has 0 saturated carbocycles. The van der Waals surface area contributed by atoms with Crippen molar-refractivity contribution in [2.75, 3.05) is 6.61 Å². The number of ether oxygens (including phenoxy) is 2. The number of ketones is 1. The second kappa shape index (κ2) is 6.67. The summed E-state index contributed by atoms with van der Waals surface area (Å²) in [5.74, 6) is -0.118. The topological polar surface area (TPSA) is 122 Å². The average Bonchev–Trinajstić information content (AvgIpc) is 2.89. The number of aryl methyl sites for hydroxylation is 1. The Kier molecular flexibility index (Phi) is 4.40. The zero-order valence-corrected chi connectivity index (χ0v) is 13.7. The average molecular weight is 354 g/mol. The normalized spacial score (nSPS) is 14.0. The summed E-state index contributed by atoms with van der Waals surface area (Å²) >= 11 is 0. The van der Waals surface area contributed by atoms with Crippen LogP contribution in [0.25, 0.3) is 6.08 Å². The lowest BCUT2D eigenvalue weighted by atomic mass is 10.0. The van der Waals surface area contributed by atoms with Crippen LogP contribution in [0.4, 0.5) is 5.69 Å². The molecule has 0 unspecified atom stereocenters. The summed E-state index contributed by atoms with van der Waals surface area (Å²) in [5, 5.41) is 10.7. The summed E-state index contributed by atoms with van der Waals surface area (Å²) in [6.45, 7) is 1.45. The highest BCUT2D eigenvalue weighted by molar-refractivity contribution is 6.15. The Balaban J connectivity index is 1.87. The first kappa shape index (κ1) is 17.2. The molecule has 0 aliphatic carbocycles. The Labute approximate surface area is 148 Å². The van der Waals surface area contributed by atoms with Crippen molar-refractivity contribution in [3.05, 3.63) is 69.0 Å². The number of rotatable bonds is 5. The molecular weight excluding hydrogens is 340 g/mol. The second-order valence-corrected chi connectivity index (χ2v) is 5.66. The fourth-order valence-corrected chi connectivity index (χ4v) is 2.56. The first-order valence-electron chi connectivity index (χ1n) is 7.59. The number of amides is 1. The molecule has 26 heavy (non-hydrogen) atoms. The number of allylic oxidation sites excluding steroid dienone is 1. The van der Waals surface area contributed by atoms with Crippen LogP contribution in [0.3, 0.4) is 0 Å². The molecule has 2 aromatic rings. The van der Waals surface area contributed by atoms with Gasteiger partial charge in [-0.1, -0.05) is 0 Å². The lowest BCUT2D eigenvalue weighted by Crippen LogP contribution is -2.20. The van der Waals surface area contributed by atoms with Crippen LogP contribution in [0.2, 0.25) is 0 Å². The van der Waals surface area contributed by atoms with Crippen molar-refractivity contribution >= 4 is 23.5 Å². The van der Waals surface area contributed by atoms with E-state index < -0.39 is 10.8 Å². The van der Waals surface area contributed by atoms with Gasteiger partial charge in [0.1, 0.15) is 11.5 Å². The Morgan fingerprint density at radius 3 is 2.62 bits per heavy atom. The molecule has 0 saturated heterocycles. The third kappa shape index (κ3) is 3.39. The lowest BCUT2D eigenvalue weighted by molar-refractivity contribution is -0.384. The first-order chi connectivity index (χ1) is 12.3. The van der Waals surface area contributed by atoms with Crippen LogP contribution in [-0.2, 0) is 4.79 Å². The molecule has 1 heterocycles. The van der Waals surface area contributed by atoms with Gasteiger partial charge in [-0.25, -0.2) is 0 Å². The van der Waals surface area contributed by atoms with Crippen molar-refractivity contribution in [3.8, 4) is 11.5 Å². The van der Waals surface area contributed by atoms with E-state index in [1.165, 1.54) is 36.4 Å². The molecule has 0 aromatic heterocycles. The number of nitro groups is 1. The molecule has 8 heteroatoms. The first-order valence-corrected chi connectivity index (χ1v) is 7.59. The van der Waals surface area contributed by atoms with E-state index in [1.807, 2.05) is 0 Å². The largest absolute Gasteiger partial charge is 0.484 e. The molecule has 1 aliphatic rings. The number of hydrogen-bond donors (Lipinski definition) is 1. The van der Waals surface area contributed by atoms with E-state index in [4.69, 9.17) is 15.2 Å². The van der Waals surface area contributed by atoms with Crippen LogP contribution in [0.1, 0.15) is 21.5 Å². The van der Waals surface area contributed by atoms with Crippen molar-refractivity contribution in [1.29, 1.82) is 0 Å². The summed E-state index contributed by atoms with van der Waals surface area (Å²) in [4.78, 5) is 33.6. The maximum absolute atomic E-state index is 12.6. The predicted molar refractivity (Wildman–Crippen MR) is 91.9 cm³/mol. The predicted octanol–water partition coefficient (Wildman–Crippen LogP) is 2.38. The molecule has 8 nitrogen and oxygen atoms in total. The van der Waals surface area contributed by atoms with Crippen LogP contribution in [0, 0.1) is 17.0 Å². The Morgan fingerprint density at radius 2 is 2.00 bits per heavy atom. The molecule has 132 valence electrons. The number of fused-ring (bicyclic) bond motifs is 1. The molecule has 0 atom stereocenters. The summed E-state index contributed by atoms with van der Waals surface area (Å²) in [5.41, 5.74) is 6.65. The smallest absolute Gasteiger partial charge is 0.269 e. The van der Waals surface area contributed by atoms with Crippen LogP contribution in [0.15, 0.2) is 42.2 Å². The zero-order valence-electron chi connectivity index (χ0n) is 13.7. The number of non-ortho nitro benzene ring substituents is 1. The monoisotopic (exact) mass is 354 g/mol. The minimum absolute atomic E-state index is 0.0406. The summed E-state index contributed by atoms with van der Waals surface area (Å²) < 4.78 is 10.9. The fraction of sp³-hybridized carbons (Fsp3) is 0.111. The quantitative estimate of drug-likeness (QED) is 0.500. The Hall–Kier alpha value is -3.68. The summed E-state index contributed by atoms with van der Waals surface area (Å²) in [7, 11) is 0. The maximum Gasteiger partial charge on any atom is 0.269 e. The highest BCUT2D eigenvalue weighted by Gasteiger charge is 2.30. The van der Waals surface area contributed by atoms with Crippen LogP contribution < -0.4 is 15.2 Å². The van der Waals surface area contributed by atoms with Gasteiger partial charge in [0.15, 0.2) is 12.4 Å². The third-order valence-corrected chi connectivity index (χ3v) is 3.73. The van der Waals surface area contributed by atoms with Gasteiger partial charge in [-0.2, -0.15) is 0 Å². The molecule has 0 fully saturated rings. The second-order valence-electron chi connectivity index (χ2n) is 5.66. The van der Waals surface area contributed by atoms with Crippen molar-refractivity contribution < 1.29 is 24.0 Å². The van der Waals surface area contributed by atoms with Crippen LogP contribution in [0.5, 0.6) is 11.5 Å². The molecule has 2 N–H and O–H groups in total. The molecule has 2 aromatic carbocycles. The van der Waals surface area contributed by atoms with Crippen molar-refractivity contribution in [2.24, 2.45) is 5.73 Å². The molecule has 0 radical (unpaired) electrons. The standard InChI is InChI=1S/C18H14N2O6/c1-10-6-13(25-9-16(19)21)8-14-17(10)18(22)15(26-14)7-11-2-4-12(5-3-11)20(23)24/h2-8H,9H2,1H3,(H2,19,21)/b15-7-. The Bertz CT molecular complexity index is 947. The summed E-state index contributed by atoms with van der Waals surface area (Å²) in [6, 6.07) is 8.88. The highest BCUT2D eigenvalue weighted by atomic mass is 16.6. The number of carbonyl (C=O) groups is 2. The number of nitrogens with zero attached hydrogens (tertiary/aromatic N) is 1. The van der Waals surface area contributed by atoms with E-state index in [9.17, 15) is 19.7 Å². The van der Waals surface area contributed by atoms with E-state index in [0.29, 0.717) is 28.2 Å². The number of benzene rings is 2. The number of primary amides is 1. The summed E-state index contributed by atoms with van der Waals surface area (Å²) in [6.07, 6.45) is 1.51. The van der Waals surface area contributed by atoms with Gasteiger partial charge >= 0.3 is 0 Å². The number of Topliss-reactive ketones (excluding diaryl/α,β-unsaturated/α-hetero) is 1. The van der Waals surface area contributed by atoms with Crippen LogP contribution in [-0.4, -0.2) is 23.2 Å². The molecule has 3 rings (SSSR count). The van der Waals surface area contributed by atoms with E-state index >= 15 is 0 Å². The highest BCUT2D eigenvalue weighted by Crippen LogP contribution is 2.37.